The van der Waals surface area contributed by atoms with Crippen molar-refractivity contribution in [2.45, 2.75) is 0 Å². The summed E-state index contributed by atoms with van der Waals surface area (Å²) in [5, 5.41) is 1.23. The van der Waals surface area contributed by atoms with Crippen LogP contribution in [0.5, 0.6) is 0 Å². The Balaban J connectivity index is 1.79. The number of hydrogen-bond acceptors (Lipinski definition) is 0. The molecule has 0 fully saturated rings. The maximum absolute atomic E-state index is 9.68. The van der Waals surface area contributed by atoms with E-state index in [1.54, 1.807) is 0 Å². The summed E-state index contributed by atoms with van der Waals surface area (Å²) in [6, 6.07) is 34.5. The maximum Gasteiger partial charge on any atom is 0.0636 e. The summed E-state index contributed by atoms with van der Waals surface area (Å²) in [5.41, 5.74) is 4.96. The summed E-state index contributed by atoms with van der Waals surface area (Å²) in [6.45, 7) is 0. The van der Waals surface area contributed by atoms with Crippen molar-refractivity contribution in [2.24, 2.45) is 0 Å². The molecular weight excluding hydrogens is 456 g/mol. The molecule has 0 spiro atoms. The Morgan fingerprint density at radius 3 is 1.45 bits per heavy atom. The Hall–Kier alpha value is -4.94. The van der Waals surface area contributed by atoms with E-state index in [4.69, 9.17) is 5.48 Å². The minimum absolute atomic E-state index is 0.0313. The molecule has 0 nitrogen and oxygen atoms in total. The van der Waals surface area contributed by atoms with Crippen LogP contribution in [0.25, 0.3) is 66.1 Å². The molecule has 0 amide bonds. The highest BCUT2D eigenvalue weighted by molar-refractivity contribution is 6.22. The van der Waals surface area contributed by atoms with Crippen LogP contribution in [-0.4, -0.2) is 0 Å². The van der Waals surface area contributed by atoms with Crippen LogP contribution in [-0.2, 0) is 0 Å². The van der Waals surface area contributed by atoms with Crippen LogP contribution in [0.4, 0.5) is 0 Å². The molecule has 0 aromatic heterocycles. The average molecular weight is 490 g/mol. The van der Waals surface area contributed by atoms with E-state index in [9.17, 15) is 4.11 Å². The quantitative estimate of drug-likeness (QED) is 0.216. The highest BCUT2D eigenvalue weighted by Gasteiger charge is 2.17. The lowest BCUT2D eigenvalue weighted by molar-refractivity contribution is 1.60. The van der Waals surface area contributed by atoms with Crippen molar-refractivity contribution >= 4 is 21.5 Å². The van der Waals surface area contributed by atoms with Crippen LogP contribution in [0, 0.1) is 0 Å². The van der Waals surface area contributed by atoms with Crippen molar-refractivity contribution in [1.82, 2.24) is 0 Å². The van der Waals surface area contributed by atoms with Gasteiger partial charge in [-0.2, -0.15) is 0 Å². The second-order valence-electron chi connectivity index (χ2n) is 9.18. The van der Waals surface area contributed by atoms with Crippen LogP contribution >= 0.6 is 0 Å². The zero-order valence-corrected chi connectivity index (χ0v) is 20.5. The summed E-state index contributed by atoms with van der Waals surface area (Å²) in [6.07, 6.45) is 0. The first-order valence-electron chi connectivity index (χ1n) is 16.1. The van der Waals surface area contributed by atoms with Gasteiger partial charge in [-0.25, -0.2) is 0 Å². The van der Waals surface area contributed by atoms with Crippen molar-refractivity contribution in [1.29, 1.82) is 0 Å². The third-order valence-corrected chi connectivity index (χ3v) is 6.88. The molecule has 7 rings (SSSR count). The lowest BCUT2D eigenvalue weighted by Gasteiger charge is -2.19. The first kappa shape index (κ1) is 16.0. The highest BCUT2D eigenvalue weighted by atomic mass is 14.2. The van der Waals surface area contributed by atoms with Crippen molar-refractivity contribution < 1.29 is 9.60 Å². The molecule has 0 unspecified atom stereocenters. The molecule has 7 aromatic carbocycles. The second-order valence-corrected chi connectivity index (χ2v) is 9.18. The van der Waals surface area contributed by atoms with Gasteiger partial charge in [0.05, 0.1) is 9.60 Å². The third-order valence-electron chi connectivity index (χ3n) is 6.88. The fourth-order valence-corrected chi connectivity index (χ4v) is 5.13. The molecule has 0 heteroatoms. The predicted octanol–water partition coefficient (Wildman–Crippen LogP) is 10.7. The van der Waals surface area contributed by atoms with Crippen LogP contribution in [0.2, 0.25) is 0 Å². The van der Waals surface area contributed by atoms with Crippen molar-refractivity contribution in [3.05, 3.63) is 158 Å². The van der Waals surface area contributed by atoms with Gasteiger partial charge >= 0.3 is 0 Å². The predicted molar refractivity (Wildman–Crippen MR) is 163 cm³/mol. The minimum atomic E-state index is -0.377. The summed E-state index contributed by atoms with van der Waals surface area (Å²) >= 11 is 0. The van der Waals surface area contributed by atoms with Crippen LogP contribution in [0.15, 0.2) is 158 Å². The molecule has 0 aliphatic carbocycles. The van der Waals surface area contributed by atoms with Crippen LogP contribution in [0.1, 0.15) is 9.60 Å². The Kier molecular flexibility index (Phi) is 4.00. The van der Waals surface area contributed by atoms with Gasteiger partial charge in [0.15, 0.2) is 0 Å². The van der Waals surface area contributed by atoms with Crippen molar-refractivity contribution in [3.63, 3.8) is 0 Å². The molecule has 178 valence electrons. The number of fused-ring (bicyclic) bond motifs is 2. The van der Waals surface area contributed by atoms with E-state index in [1.807, 2.05) is 115 Å². The van der Waals surface area contributed by atoms with Gasteiger partial charge in [0.25, 0.3) is 0 Å². The fraction of sp³-hybridized carbons (Fsp3) is 0. The monoisotopic (exact) mass is 489 g/mol. The SMILES string of the molecule is [2H]c1c([2H])c([2H])c2c(-c3cccc(-c4ccccc4)c3)c3c([2H])c(-c4ccccc4)c([2H])c([2H])c3c(-c3ccccc3)c2c1[2H]. The van der Waals surface area contributed by atoms with E-state index in [2.05, 4.69) is 0 Å². The maximum atomic E-state index is 9.68. The van der Waals surface area contributed by atoms with E-state index >= 15 is 0 Å². The lowest BCUT2D eigenvalue weighted by Crippen LogP contribution is -1.92. The molecule has 0 atom stereocenters. The zero-order valence-electron chi connectivity index (χ0n) is 27.5. The average Bonchev–Trinajstić information content (AvgIpc) is 3.09. The van der Waals surface area contributed by atoms with Crippen LogP contribution in [0.3, 0.4) is 0 Å². The summed E-state index contributed by atoms with van der Waals surface area (Å²) in [4.78, 5) is 0. The normalized spacial score (nSPS) is 13.7. The zero-order chi connectivity index (χ0) is 31.4. The molecule has 7 aromatic rings. The third kappa shape index (κ3) is 3.88. The smallest absolute Gasteiger partial charge is 0.0622 e. The Labute approximate surface area is 233 Å². The first-order chi connectivity index (χ1) is 21.8. The van der Waals surface area contributed by atoms with Gasteiger partial charge in [-0.3, -0.25) is 0 Å². The Morgan fingerprint density at radius 2 is 0.816 bits per heavy atom. The fourth-order valence-electron chi connectivity index (χ4n) is 5.13. The lowest BCUT2D eigenvalue weighted by atomic mass is 9.84. The molecule has 0 saturated heterocycles. The van der Waals surface area contributed by atoms with Gasteiger partial charge in [0.2, 0.25) is 0 Å². The van der Waals surface area contributed by atoms with Gasteiger partial charge in [-0.15, -0.1) is 0 Å². The molecule has 0 bridgehead atoms. The van der Waals surface area contributed by atoms with Gasteiger partial charge in [0, 0.05) is 0 Å². The van der Waals surface area contributed by atoms with E-state index in [-0.39, 0.29) is 53.1 Å². The molecule has 0 aliphatic heterocycles. The molecule has 0 radical (unpaired) electrons. The molecular formula is C38H26. The largest absolute Gasteiger partial charge is 0.0636 e. The highest BCUT2D eigenvalue weighted by Crippen LogP contribution is 2.45. The van der Waals surface area contributed by atoms with E-state index < -0.39 is 0 Å². The van der Waals surface area contributed by atoms with E-state index in [1.165, 1.54) is 0 Å². The molecule has 0 saturated carbocycles. The van der Waals surface area contributed by atoms with Gasteiger partial charge in [-0.1, -0.05) is 145 Å². The standard InChI is InChI=1S/C38H26/c1-4-13-27(14-5-1)30-19-12-20-32(25-30)38-34-22-11-10-21-33(34)37(29-17-8-3-9-18-29)35-24-23-31(26-36(35)38)28-15-6-2-7-16-28/h1-26H/i10D,11D,21D,22D,23D,24D,26D. The number of hydrogen-bond donors (Lipinski definition) is 0. The van der Waals surface area contributed by atoms with E-state index in [0.29, 0.717) is 44.2 Å². The molecule has 38 heavy (non-hydrogen) atoms. The van der Waals surface area contributed by atoms with Crippen molar-refractivity contribution in [3.8, 4) is 44.5 Å². The summed E-state index contributed by atoms with van der Waals surface area (Å²) in [5.74, 6) is 0. The van der Waals surface area contributed by atoms with E-state index in [0.717, 1.165) is 11.1 Å². The summed E-state index contributed by atoms with van der Waals surface area (Å²) < 4.78 is 63.9. The van der Waals surface area contributed by atoms with Crippen molar-refractivity contribution in [2.75, 3.05) is 0 Å². The molecule has 0 heterocycles. The minimum Gasteiger partial charge on any atom is -0.0622 e. The molecule has 0 aliphatic rings. The van der Waals surface area contributed by atoms with Gasteiger partial charge in [0.1, 0.15) is 0 Å². The number of rotatable bonds is 4. The molecule has 0 N–H and O–H groups in total. The summed E-state index contributed by atoms with van der Waals surface area (Å²) in [7, 11) is 0. The number of benzene rings is 7. The second kappa shape index (κ2) is 9.50. The van der Waals surface area contributed by atoms with Gasteiger partial charge < -0.3 is 0 Å². The first-order valence-corrected chi connectivity index (χ1v) is 12.6. The van der Waals surface area contributed by atoms with Crippen LogP contribution < -0.4 is 0 Å². The Bertz CT molecular complexity index is 2260. The topological polar surface area (TPSA) is 0 Å². The van der Waals surface area contributed by atoms with Gasteiger partial charge in [-0.05, 0) is 78.2 Å². The Morgan fingerprint density at radius 1 is 0.342 bits per heavy atom.